The monoisotopic (exact) mass is 341 g/mol. The van der Waals surface area contributed by atoms with Crippen molar-refractivity contribution in [1.82, 2.24) is 15.3 Å². The minimum atomic E-state index is 0.0182. The molecule has 2 aromatic rings. The predicted octanol–water partition coefficient (Wildman–Crippen LogP) is 1.08. The second-order valence-electron chi connectivity index (χ2n) is 5.80. The number of amides is 1. The number of anilines is 2. The molecule has 1 fully saturated rings. The zero-order valence-electron chi connectivity index (χ0n) is 14.1. The van der Waals surface area contributed by atoms with Crippen LogP contribution in [-0.4, -0.2) is 55.3 Å². The van der Waals surface area contributed by atoms with Crippen molar-refractivity contribution in [3.8, 4) is 0 Å². The maximum absolute atomic E-state index is 11.9. The number of hydrogen-bond acceptors (Lipinski definition) is 6. The summed E-state index contributed by atoms with van der Waals surface area (Å²) in [5, 5.41) is 6.13. The highest BCUT2D eigenvalue weighted by Crippen LogP contribution is 2.15. The molecule has 1 aromatic heterocycles. The normalized spacial score (nSPS) is 14.2. The van der Waals surface area contributed by atoms with Crippen molar-refractivity contribution in [2.24, 2.45) is 0 Å². The van der Waals surface area contributed by atoms with Gasteiger partial charge in [0, 0.05) is 32.2 Å². The largest absolute Gasteiger partial charge is 0.378 e. The summed E-state index contributed by atoms with van der Waals surface area (Å²) in [6.07, 6.45) is 1.95. The average Bonchev–Trinajstić information content (AvgIpc) is 2.67. The summed E-state index contributed by atoms with van der Waals surface area (Å²) in [5.74, 6) is 1.67. The van der Waals surface area contributed by atoms with E-state index in [1.807, 2.05) is 36.4 Å². The summed E-state index contributed by atoms with van der Waals surface area (Å²) in [7, 11) is 0. The number of carbonyl (C=O) groups excluding carboxylic acids is 1. The van der Waals surface area contributed by atoms with Gasteiger partial charge < -0.3 is 20.3 Å². The van der Waals surface area contributed by atoms with Crippen LogP contribution >= 0.6 is 0 Å². The summed E-state index contributed by atoms with van der Waals surface area (Å²) in [5.41, 5.74) is 1.01. The van der Waals surface area contributed by atoms with Gasteiger partial charge >= 0.3 is 0 Å². The summed E-state index contributed by atoms with van der Waals surface area (Å²) < 4.78 is 5.35. The molecule has 2 N–H and O–H groups in total. The van der Waals surface area contributed by atoms with Crippen LogP contribution in [0, 0.1) is 0 Å². The van der Waals surface area contributed by atoms with E-state index in [-0.39, 0.29) is 5.91 Å². The first-order valence-electron chi connectivity index (χ1n) is 8.50. The lowest BCUT2D eigenvalue weighted by molar-refractivity contribution is -0.120. The van der Waals surface area contributed by atoms with Crippen LogP contribution in [0.5, 0.6) is 0 Å². The molecule has 1 amide bonds. The third-order valence-electron chi connectivity index (χ3n) is 3.95. The standard InChI is InChI=1S/C18H23N5O2/c24-18(12-15-4-2-1-3-5-15)20-7-6-19-16-13-17(22-14-21-16)23-8-10-25-11-9-23/h1-5,13-14H,6-12H2,(H,20,24)(H,19,21,22). The molecule has 0 unspecified atom stereocenters. The Balaban J connectivity index is 1.40. The minimum Gasteiger partial charge on any atom is -0.378 e. The molecular formula is C18H23N5O2. The summed E-state index contributed by atoms with van der Waals surface area (Å²) in [6.45, 7) is 4.28. The molecule has 1 saturated heterocycles. The fraction of sp³-hybridized carbons (Fsp3) is 0.389. The Kier molecular flexibility index (Phi) is 6.17. The van der Waals surface area contributed by atoms with Crippen molar-refractivity contribution in [2.75, 3.05) is 49.6 Å². The zero-order valence-corrected chi connectivity index (χ0v) is 14.1. The van der Waals surface area contributed by atoms with Gasteiger partial charge in [0.2, 0.25) is 5.91 Å². The molecule has 7 nitrogen and oxygen atoms in total. The first-order valence-corrected chi connectivity index (χ1v) is 8.50. The highest BCUT2D eigenvalue weighted by molar-refractivity contribution is 5.78. The van der Waals surface area contributed by atoms with Crippen molar-refractivity contribution in [3.05, 3.63) is 48.3 Å². The van der Waals surface area contributed by atoms with Crippen molar-refractivity contribution < 1.29 is 9.53 Å². The molecule has 0 radical (unpaired) electrons. The Bertz CT molecular complexity index is 674. The van der Waals surface area contributed by atoms with Crippen molar-refractivity contribution >= 4 is 17.5 Å². The number of benzene rings is 1. The van der Waals surface area contributed by atoms with E-state index in [2.05, 4.69) is 25.5 Å². The van der Waals surface area contributed by atoms with E-state index in [4.69, 9.17) is 4.74 Å². The van der Waals surface area contributed by atoms with Crippen LogP contribution < -0.4 is 15.5 Å². The van der Waals surface area contributed by atoms with E-state index in [9.17, 15) is 4.79 Å². The van der Waals surface area contributed by atoms with Crippen LogP contribution in [0.3, 0.4) is 0 Å². The topological polar surface area (TPSA) is 79.4 Å². The van der Waals surface area contributed by atoms with E-state index in [1.165, 1.54) is 0 Å². The van der Waals surface area contributed by atoms with Crippen molar-refractivity contribution in [2.45, 2.75) is 6.42 Å². The number of carbonyl (C=O) groups is 1. The molecule has 1 aromatic carbocycles. The molecule has 0 saturated carbocycles. The van der Waals surface area contributed by atoms with Gasteiger partial charge in [0.05, 0.1) is 19.6 Å². The molecule has 0 aliphatic carbocycles. The highest BCUT2D eigenvalue weighted by atomic mass is 16.5. The van der Waals surface area contributed by atoms with Gasteiger partial charge in [-0.1, -0.05) is 30.3 Å². The van der Waals surface area contributed by atoms with Crippen LogP contribution in [-0.2, 0) is 16.0 Å². The van der Waals surface area contributed by atoms with Crippen LogP contribution in [0.4, 0.5) is 11.6 Å². The van der Waals surface area contributed by atoms with Gasteiger partial charge in [0.25, 0.3) is 0 Å². The first kappa shape index (κ1) is 17.2. The van der Waals surface area contributed by atoms with Crippen LogP contribution in [0.15, 0.2) is 42.7 Å². The van der Waals surface area contributed by atoms with Gasteiger partial charge in [0.1, 0.15) is 18.0 Å². The molecule has 2 heterocycles. The lowest BCUT2D eigenvalue weighted by atomic mass is 10.1. The van der Waals surface area contributed by atoms with Gasteiger partial charge in [-0.3, -0.25) is 4.79 Å². The quantitative estimate of drug-likeness (QED) is 0.734. The van der Waals surface area contributed by atoms with Gasteiger partial charge in [-0.05, 0) is 5.56 Å². The lowest BCUT2D eigenvalue weighted by Crippen LogP contribution is -2.36. The minimum absolute atomic E-state index is 0.0182. The van der Waals surface area contributed by atoms with Crippen LogP contribution in [0.2, 0.25) is 0 Å². The predicted molar refractivity (Wildman–Crippen MR) is 96.7 cm³/mol. The Labute approximate surface area is 147 Å². The SMILES string of the molecule is O=C(Cc1ccccc1)NCCNc1cc(N2CCOCC2)ncn1. The van der Waals surface area contributed by atoms with Gasteiger partial charge in [-0.15, -0.1) is 0 Å². The number of rotatable bonds is 7. The number of morpholine rings is 1. The Morgan fingerprint density at radius 3 is 2.72 bits per heavy atom. The number of nitrogens with one attached hydrogen (secondary N) is 2. The van der Waals surface area contributed by atoms with E-state index >= 15 is 0 Å². The van der Waals surface area contributed by atoms with E-state index < -0.39 is 0 Å². The Morgan fingerprint density at radius 2 is 1.92 bits per heavy atom. The number of hydrogen-bond donors (Lipinski definition) is 2. The number of nitrogens with zero attached hydrogens (tertiary/aromatic N) is 3. The molecule has 132 valence electrons. The molecule has 0 bridgehead atoms. The maximum atomic E-state index is 11.9. The number of ether oxygens (including phenoxy) is 1. The van der Waals surface area contributed by atoms with E-state index in [0.717, 1.165) is 43.5 Å². The third kappa shape index (κ3) is 5.42. The molecular weight excluding hydrogens is 318 g/mol. The maximum Gasteiger partial charge on any atom is 0.224 e. The summed E-state index contributed by atoms with van der Waals surface area (Å²) >= 11 is 0. The smallest absolute Gasteiger partial charge is 0.224 e. The number of aromatic nitrogens is 2. The molecule has 0 atom stereocenters. The average molecular weight is 341 g/mol. The van der Waals surface area contributed by atoms with E-state index in [0.29, 0.717) is 19.5 Å². The Morgan fingerprint density at radius 1 is 1.12 bits per heavy atom. The molecule has 1 aliphatic heterocycles. The zero-order chi connectivity index (χ0) is 17.3. The molecule has 1 aliphatic rings. The lowest BCUT2D eigenvalue weighted by Gasteiger charge is -2.27. The molecule has 7 heteroatoms. The fourth-order valence-electron chi connectivity index (χ4n) is 2.65. The summed E-state index contributed by atoms with van der Waals surface area (Å²) in [6, 6.07) is 11.6. The molecule has 0 spiro atoms. The highest BCUT2D eigenvalue weighted by Gasteiger charge is 2.12. The Hall–Kier alpha value is -2.67. The van der Waals surface area contributed by atoms with Crippen molar-refractivity contribution in [3.63, 3.8) is 0 Å². The van der Waals surface area contributed by atoms with Gasteiger partial charge in [-0.2, -0.15) is 0 Å². The van der Waals surface area contributed by atoms with Crippen molar-refractivity contribution in [1.29, 1.82) is 0 Å². The molecule has 25 heavy (non-hydrogen) atoms. The summed E-state index contributed by atoms with van der Waals surface area (Å²) in [4.78, 5) is 22.6. The van der Waals surface area contributed by atoms with Gasteiger partial charge in [0.15, 0.2) is 0 Å². The first-order chi connectivity index (χ1) is 12.3. The fourth-order valence-corrected chi connectivity index (χ4v) is 2.65. The van der Waals surface area contributed by atoms with Crippen LogP contribution in [0.25, 0.3) is 0 Å². The van der Waals surface area contributed by atoms with E-state index in [1.54, 1.807) is 6.33 Å². The second kappa shape index (κ2) is 8.98. The second-order valence-corrected chi connectivity index (χ2v) is 5.80. The van der Waals surface area contributed by atoms with Gasteiger partial charge in [-0.25, -0.2) is 9.97 Å². The molecule has 3 rings (SSSR count). The third-order valence-corrected chi connectivity index (χ3v) is 3.95. The van der Waals surface area contributed by atoms with Crippen LogP contribution in [0.1, 0.15) is 5.56 Å².